The van der Waals surface area contributed by atoms with Gasteiger partial charge >= 0.3 is 0 Å². The summed E-state index contributed by atoms with van der Waals surface area (Å²) in [6.07, 6.45) is 8.10. The van der Waals surface area contributed by atoms with Gasteiger partial charge in [-0.15, -0.1) is 0 Å². The fourth-order valence-corrected chi connectivity index (χ4v) is 1.68. The molecule has 0 bridgehead atoms. The van der Waals surface area contributed by atoms with Crippen molar-refractivity contribution in [2.45, 2.75) is 19.3 Å². The zero-order chi connectivity index (χ0) is 8.23. The van der Waals surface area contributed by atoms with E-state index in [2.05, 4.69) is 22.5 Å². The van der Waals surface area contributed by atoms with Crippen LogP contribution in [0.3, 0.4) is 0 Å². The smallest absolute Gasteiger partial charge is 0.0561 e. The van der Waals surface area contributed by atoms with E-state index in [-0.39, 0.29) is 0 Å². The molecular weight excluding hydrogens is 148 g/mol. The molecule has 2 heterocycles. The Labute approximate surface area is 73.6 Å². The van der Waals surface area contributed by atoms with Crippen LogP contribution in [0.2, 0.25) is 0 Å². The first-order chi connectivity index (χ1) is 5.95. The molecule has 1 aliphatic rings. The fraction of sp³-hybridized carbons (Fsp3) is 0.500. The van der Waals surface area contributed by atoms with Crippen molar-refractivity contribution in [1.82, 2.24) is 9.88 Å². The normalized spacial score (nSPS) is 19.7. The van der Waals surface area contributed by atoms with Crippen LogP contribution in [0.1, 0.15) is 24.8 Å². The Morgan fingerprint density at radius 3 is 2.75 bits per heavy atom. The molecule has 1 fully saturated rings. The summed E-state index contributed by atoms with van der Waals surface area (Å²) >= 11 is 0. The molecule has 2 rings (SSSR count). The maximum absolute atomic E-state index is 3.06. The minimum Gasteiger partial charge on any atom is -0.367 e. The van der Waals surface area contributed by atoms with Gasteiger partial charge in [0.25, 0.3) is 0 Å². The highest BCUT2D eigenvalue weighted by Crippen LogP contribution is 2.13. The lowest BCUT2D eigenvalue weighted by atomic mass is 10.1. The molecule has 65 valence electrons. The molecule has 12 heavy (non-hydrogen) atoms. The summed E-state index contributed by atoms with van der Waals surface area (Å²) in [4.78, 5) is 5.47. The highest BCUT2D eigenvalue weighted by atomic mass is 15.1. The maximum atomic E-state index is 3.06. The second kappa shape index (κ2) is 3.76. The fourth-order valence-electron chi connectivity index (χ4n) is 1.68. The Balaban J connectivity index is 1.86. The number of hydrogen-bond donors (Lipinski definition) is 1. The molecule has 0 saturated carbocycles. The molecule has 1 aromatic heterocycles. The third kappa shape index (κ3) is 1.89. The molecule has 2 heteroatoms. The van der Waals surface area contributed by atoms with Crippen LogP contribution in [-0.4, -0.2) is 23.0 Å². The van der Waals surface area contributed by atoms with Crippen molar-refractivity contribution in [3.63, 3.8) is 0 Å². The average Bonchev–Trinajstić information content (AvgIpc) is 2.59. The van der Waals surface area contributed by atoms with Gasteiger partial charge in [-0.05, 0) is 37.6 Å². The molecule has 0 amide bonds. The molecule has 0 spiro atoms. The number of aromatic amines is 1. The van der Waals surface area contributed by atoms with E-state index >= 15 is 0 Å². The van der Waals surface area contributed by atoms with E-state index < -0.39 is 0 Å². The first-order valence-corrected chi connectivity index (χ1v) is 4.67. The van der Waals surface area contributed by atoms with Crippen molar-refractivity contribution in [2.75, 3.05) is 13.1 Å². The third-order valence-electron chi connectivity index (χ3n) is 2.34. The molecule has 1 N–H and O–H groups in total. The quantitative estimate of drug-likeness (QED) is 0.706. The lowest BCUT2D eigenvalue weighted by molar-refractivity contribution is 0.285. The van der Waals surface area contributed by atoms with E-state index in [1.807, 2.05) is 12.4 Å². The minimum atomic E-state index is 1.23. The Morgan fingerprint density at radius 1 is 1.25 bits per heavy atom. The van der Waals surface area contributed by atoms with Crippen LogP contribution >= 0.6 is 0 Å². The number of hydrogen-bond acceptors (Lipinski definition) is 1. The number of aromatic nitrogens is 1. The molecule has 0 aromatic carbocycles. The third-order valence-corrected chi connectivity index (χ3v) is 2.34. The molecule has 1 aliphatic heterocycles. The van der Waals surface area contributed by atoms with E-state index in [0.717, 1.165) is 0 Å². The van der Waals surface area contributed by atoms with Crippen LogP contribution in [0.25, 0.3) is 0 Å². The Kier molecular flexibility index (Phi) is 2.47. The first-order valence-electron chi connectivity index (χ1n) is 4.67. The second-order valence-electron chi connectivity index (χ2n) is 3.37. The number of likely N-dealkylation sites (tertiary alicyclic amines) is 1. The molecule has 0 atom stereocenters. The van der Waals surface area contributed by atoms with Crippen molar-refractivity contribution in [2.24, 2.45) is 0 Å². The predicted octanol–water partition coefficient (Wildman–Crippen LogP) is 2.01. The predicted molar refractivity (Wildman–Crippen MR) is 49.6 cm³/mol. The summed E-state index contributed by atoms with van der Waals surface area (Å²) in [5.74, 6) is 0. The van der Waals surface area contributed by atoms with Crippen LogP contribution < -0.4 is 0 Å². The van der Waals surface area contributed by atoms with E-state index in [1.165, 1.54) is 37.9 Å². The first kappa shape index (κ1) is 7.87. The molecule has 1 radical (unpaired) electrons. The largest absolute Gasteiger partial charge is 0.367 e. The molecular formula is C10H15N2. The average molecular weight is 163 g/mol. The van der Waals surface area contributed by atoms with Gasteiger partial charge in [0, 0.05) is 12.4 Å². The van der Waals surface area contributed by atoms with Crippen molar-refractivity contribution in [3.8, 4) is 0 Å². The lowest BCUT2D eigenvalue weighted by Gasteiger charge is -2.25. The maximum Gasteiger partial charge on any atom is 0.0561 e. The SMILES string of the molecule is [CH](c1cc[nH]c1)N1CCCCC1. The summed E-state index contributed by atoms with van der Waals surface area (Å²) < 4.78 is 0. The van der Waals surface area contributed by atoms with Gasteiger partial charge in [-0.1, -0.05) is 6.42 Å². The minimum absolute atomic E-state index is 1.23. The van der Waals surface area contributed by atoms with Gasteiger partial charge in [0.05, 0.1) is 6.54 Å². The number of H-pyrrole nitrogens is 1. The Bertz CT molecular complexity index is 210. The van der Waals surface area contributed by atoms with Crippen molar-refractivity contribution >= 4 is 0 Å². The van der Waals surface area contributed by atoms with Gasteiger partial charge in [0.1, 0.15) is 0 Å². The molecule has 0 unspecified atom stereocenters. The van der Waals surface area contributed by atoms with Crippen LogP contribution in [-0.2, 0) is 0 Å². The van der Waals surface area contributed by atoms with Gasteiger partial charge in [-0.2, -0.15) is 0 Å². The standard InChI is InChI=1S/C10H15N2/c1-2-6-12(7-3-1)9-10-4-5-11-8-10/h4-5,8-9,11H,1-3,6-7H2. The summed E-state index contributed by atoms with van der Waals surface area (Å²) in [7, 11) is 0. The van der Waals surface area contributed by atoms with Gasteiger partial charge in [-0.25, -0.2) is 0 Å². The van der Waals surface area contributed by atoms with Gasteiger partial charge in [-0.3, -0.25) is 4.90 Å². The molecule has 1 saturated heterocycles. The van der Waals surface area contributed by atoms with Crippen molar-refractivity contribution < 1.29 is 0 Å². The zero-order valence-electron chi connectivity index (χ0n) is 7.29. The van der Waals surface area contributed by atoms with E-state index in [1.54, 1.807) is 0 Å². The lowest BCUT2D eigenvalue weighted by Crippen LogP contribution is -2.27. The van der Waals surface area contributed by atoms with Crippen LogP contribution in [0.15, 0.2) is 18.5 Å². The summed E-state index contributed by atoms with van der Waals surface area (Å²) in [5, 5.41) is 0. The molecule has 1 aromatic rings. The van der Waals surface area contributed by atoms with E-state index in [9.17, 15) is 0 Å². The van der Waals surface area contributed by atoms with Gasteiger partial charge in [0.2, 0.25) is 0 Å². The monoisotopic (exact) mass is 163 g/mol. The number of nitrogens with one attached hydrogen (secondary N) is 1. The van der Waals surface area contributed by atoms with E-state index in [4.69, 9.17) is 0 Å². The number of rotatable bonds is 2. The van der Waals surface area contributed by atoms with Crippen LogP contribution in [0, 0.1) is 6.54 Å². The highest BCUT2D eigenvalue weighted by molar-refractivity contribution is 5.17. The molecule has 0 aliphatic carbocycles. The van der Waals surface area contributed by atoms with Gasteiger partial charge < -0.3 is 4.98 Å². The highest BCUT2D eigenvalue weighted by Gasteiger charge is 2.10. The van der Waals surface area contributed by atoms with Crippen LogP contribution in [0.4, 0.5) is 0 Å². The van der Waals surface area contributed by atoms with Crippen molar-refractivity contribution in [1.29, 1.82) is 0 Å². The molecule has 2 nitrogen and oxygen atoms in total. The second-order valence-corrected chi connectivity index (χ2v) is 3.37. The van der Waals surface area contributed by atoms with Crippen LogP contribution in [0.5, 0.6) is 0 Å². The van der Waals surface area contributed by atoms with Crippen molar-refractivity contribution in [3.05, 3.63) is 30.6 Å². The number of piperidine rings is 1. The zero-order valence-corrected chi connectivity index (χ0v) is 7.29. The summed E-state index contributed by atoms with van der Waals surface area (Å²) in [5.41, 5.74) is 1.29. The summed E-state index contributed by atoms with van der Waals surface area (Å²) in [6.45, 7) is 4.70. The Morgan fingerprint density at radius 2 is 2.08 bits per heavy atom. The van der Waals surface area contributed by atoms with Gasteiger partial charge in [0.15, 0.2) is 0 Å². The Hall–Kier alpha value is -0.760. The summed E-state index contributed by atoms with van der Waals surface area (Å²) in [6, 6.07) is 2.11. The topological polar surface area (TPSA) is 19.0 Å². The van der Waals surface area contributed by atoms with E-state index in [0.29, 0.717) is 0 Å². The number of nitrogens with zero attached hydrogens (tertiary/aromatic N) is 1.